The molecule has 6 N–H and O–H groups in total. The van der Waals surface area contributed by atoms with Crippen LogP contribution in [0.2, 0.25) is 0 Å². The van der Waals surface area contributed by atoms with Crippen molar-refractivity contribution in [3.8, 4) is 5.75 Å². The molecule has 8 nitrogen and oxygen atoms in total. The number of halogens is 1. The summed E-state index contributed by atoms with van der Waals surface area (Å²) < 4.78 is 19.8. The number of carbonyl (C=O) groups is 2. The molecule has 0 bridgehead atoms. The number of benzene rings is 3. The molecule has 0 aliphatic carbocycles. The van der Waals surface area contributed by atoms with Crippen molar-refractivity contribution in [1.82, 2.24) is 4.98 Å². The SMILES string of the molecule is COc1ccc(NC(=O)c2ccc(CNc3ccc4ccc(C(N)=O)cc4n3)c(F)c2)c(N)c1. The first kappa shape index (κ1) is 22.5. The molecule has 1 heterocycles. The second-order valence-electron chi connectivity index (χ2n) is 7.54. The summed E-state index contributed by atoms with van der Waals surface area (Å²) in [6.07, 6.45) is 0. The Balaban J connectivity index is 1.45. The van der Waals surface area contributed by atoms with Crippen molar-refractivity contribution in [2.24, 2.45) is 5.73 Å². The molecule has 0 aliphatic rings. The van der Waals surface area contributed by atoms with Crippen molar-refractivity contribution in [2.45, 2.75) is 6.54 Å². The Morgan fingerprint density at radius 2 is 1.76 bits per heavy atom. The highest BCUT2D eigenvalue weighted by molar-refractivity contribution is 6.05. The Morgan fingerprint density at radius 1 is 1.00 bits per heavy atom. The van der Waals surface area contributed by atoms with Crippen LogP contribution >= 0.6 is 0 Å². The zero-order valence-electron chi connectivity index (χ0n) is 18.3. The molecule has 0 fully saturated rings. The predicted octanol–water partition coefficient (Wildman–Crippen LogP) is 3.93. The highest BCUT2D eigenvalue weighted by Crippen LogP contribution is 2.25. The lowest BCUT2D eigenvalue weighted by atomic mass is 10.1. The van der Waals surface area contributed by atoms with Crippen LogP contribution in [0.1, 0.15) is 26.3 Å². The monoisotopic (exact) mass is 459 g/mol. The van der Waals surface area contributed by atoms with Crippen LogP contribution in [0.5, 0.6) is 5.75 Å². The molecule has 3 aromatic carbocycles. The number of methoxy groups -OCH3 is 1. The molecular formula is C25H22FN5O3. The molecular weight excluding hydrogens is 437 g/mol. The van der Waals surface area contributed by atoms with Gasteiger partial charge in [-0.25, -0.2) is 9.37 Å². The number of anilines is 3. The van der Waals surface area contributed by atoms with Crippen LogP contribution in [0, 0.1) is 5.82 Å². The first-order chi connectivity index (χ1) is 16.3. The Bertz CT molecular complexity index is 1410. The van der Waals surface area contributed by atoms with Gasteiger partial charge in [0.15, 0.2) is 0 Å². The van der Waals surface area contributed by atoms with Gasteiger partial charge in [-0.2, -0.15) is 0 Å². The van der Waals surface area contributed by atoms with E-state index in [1.54, 1.807) is 42.5 Å². The molecule has 0 saturated carbocycles. The fourth-order valence-corrected chi connectivity index (χ4v) is 3.36. The average Bonchev–Trinajstić information content (AvgIpc) is 2.83. The Kier molecular flexibility index (Phi) is 6.26. The van der Waals surface area contributed by atoms with Crippen LogP contribution in [0.3, 0.4) is 0 Å². The predicted molar refractivity (Wildman–Crippen MR) is 129 cm³/mol. The van der Waals surface area contributed by atoms with Crippen LogP contribution in [0.15, 0.2) is 66.7 Å². The minimum atomic E-state index is -0.542. The van der Waals surface area contributed by atoms with Crippen LogP contribution in [0.25, 0.3) is 10.9 Å². The van der Waals surface area contributed by atoms with Gasteiger partial charge >= 0.3 is 0 Å². The van der Waals surface area contributed by atoms with E-state index >= 15 is 0 Å². The third-order valence-corrected chi connectivity index (χ3v) is 5.26. The molecule has 0 atom stereocenters. The van der Waals surface area contributed by atoms with E-state index < -0.39 is 17.6 Å². The van der Waals surface area contributed by atoms with E-state index in [1.807, 2.05) is 6.07 Å². The summed E-state index contributed by atoms with van der Waals surface area (Å²) in [6, 6.07) is 17.7. The quantitative estimate of drug-likeness (QED) is 0.310. The van der Waals surface area contributed by atoms with Gasteiger partial charge in [-0.3, -0.25) is 9.59 Å². The molecule has 4 rings (SSSR count). The Labute approximate surface area is 194 Å². The summed E-state index contributed by atoms with van der Waals surface area (Å²) in [4.78, 5) is 28.4. The summed E-state index contributed by atoms with van der Waals surface area (Å²) in [6.45, 7) is 0.146. The minimum absolute atomic E-state index is 0.146. The third-order valence-electron chi connectivity index (χ3n) is 5.26. The minimum Gasteiger partial charge on any atom is -0.497 e. The number of aromatic nitrogens is 1. The van der Waals surface area contributed by atoms with Gasteiger partial charge in [-0.15, -0.1) is 0 Å². The van der Waals surface area contributed by atoms with Crippen LogP contribution in [-0.4, -0.2) is 23.9 Å². The van der Waals surface area contributed by atoms with Gasteiger partial charge in [0.25, 0.3) is 5.91 Å². The number of nitrogens with one attached hydrogen (secondary N) is 2. The van der Waals surface area contributed by atoms with Crippen LogP contribution in [-0.2, 0) is 6.54 Å². The number of pyridine rings is 1. The maximum absolute atomic E-state index is 14.7. The van der Waals surface area contributed by atoms with E-state index in [0.29, 0.717) is 39.6 Å². The summed E-state index contributed by atoms with van der Waals surface area (Å²) in [5.41, 5.74) is 13.4. The Hall–Kier alpha value is -4.66. The van der Waals surface area contributed by atoms with Gasteiger partial charge in [0.05, 0.1) is 24.0 Å². The summed E-state index contributed by atoms with van der Waals surface area (Å²) in [7, 11) is 1.52. The second kappa shape index (κ2) is 9.45. The summed E-state index contributed by atoms with van der Waals surface area (Å²) in [5.74, 6) is -0.503. The number of fused-ring (bicyclic) bond motifs is 1. The maximum atomic E-state index is 14.7. The van der Waals surface area contributed by atoms with Crippen LogP contribution in [0.4, 0.5) is 21.6 Å². The lowest BCUT2D eigenvalue weighted by Crippen LogP contribution is -2.14. The Morgan fingerprint density at radius 3 is 2.47 bits per heavy atom. The van der Waals surface area contributed by atoms with Crippen molar-refractivity contribution < 1.29 is 18.7 Å². The molecule has 2 amide bonds. The summed E-state index contributed by atoms with van der Waals surface area (Å²) >= 11 is 0. The van der Waals surface area contributed by atoms with Crippen molar-refractivity contribution in [2.75, 3.05) is 23.5 Å². The number of ether oxygens (including phenoxy) is 1. The number of nitrogens with two attached hydrogens (primary N) is 2. The number of amides is 2. The number of primary amides is 1. The largest absolute Gasteiger partial charge is 0.497 e. The fraction of sp³-hybridized carbons (Fsp3) is 0.0800. The normalized spacial score (nSPS) is 10.6. The fourth-order valence-electron chi connectivity index (χ4n) is 3.36. The highest BCUT2D eigenvalue weighted by atomic mass is 19.1. The molecule has 9 heteroatoms. The molecule has 0 radical (unpaired) electrons. The number of hydrogen-bond acceptors (Lipinski definition) is 6. The van der Waals surface area contributed by atoms with Gasteiger partial charge in [0.2, 0.25) is 5.91 Å². The van der Waals surface area contributed by atoms with Crippen molar-refractivity contribution in [3.05, 3.63) is 89.2 Å². The lowest BCUT2D eigenvalue weighted by molar-refractivity contribution is 0.0997. The van der Waals surface area contributed by atoms with Gasteiger partial charge < -0.3 is 26.8 Å². The van der Waals surface area contributed by atoms with Gasteiger partial charge in [-0.05, 0) is 48.5 Å². The number of nitrogen functional groups attached to an aromatic ring is 1. The van der Waals surface area contributed by atoms with E-state index in [4.69, 9.17) is 16.2 Å². The van der Waals surface area contributed by atoms with Gasteiger partial charge in [-0.1, -0.05) is 12.1 Å². The first-order valence-electron chi connectivity index (χ1n) is 10.3. The highest BCUT2D eigenvalue weighted by Gasteiger charge is 2.12. The van der Waals surface area contributed by atoms with E-state index in [2.05, 4.69) is 15.6 Å². The number of rotatable bonds is 7. The molecule has 0 spiro atoms. The lowest BCUT2D eigenvalue weighted by Gasteiger charge is -2.11. The topological polar surface area (TPSA) is 132 Å². The van der Waals surface area contributed by atoms with E-state index in [-0.39, 0.29) is 12.1 Å². The maximum Gasteiger partial charge on any atom is 0.255 e. The van der Waals surface area contributed by atoms with Crippen molar-refractivity contribution in [1.29, 1.82) is 0 Å². The van der Waals surface area contributed by atoms with Crippen LogP contribution < -0.4 is 26.8 Å². The van der Waals surface area contributed by atoms with E-state index in [0.717, 1.165) is 5.39 Å². The zero-order chi connectivity index (χ0) is 24.2. The van der Waals surface area contributed by atoms with Crippen molar-refractivity contribution in [3.63, 3.8) is 0 Å². The zero-order valence-corrected chi connectivity index (χ0v) is 18.3. The molecule has 0 aliphatic heterocycles. The number of carbonyl (C=O) groups excluding carboxylic acids is 2. The number of nitrogens with zero attached hydrogens (tertiary/aromatic N) is 1. The van der Waals surface area contributed by atoms with Crippen molar-refractivity contribution >= 4 is 39.9 Å². The molecule has 0 unspecified atom stereocenters. The standard InChI is InChI=1S/C25H22FN5O3/c1-34-18-7-8-21(20(27)12-18)31-25(33)16-4-5-17(19(26)10-16)13-29-23-9-6-14-2-3-15(24(28)32)11-22(14)30-23/h2-12H,13,27H2,1H3,(H2,28,32)(H,29,30)(H,31,33). The number of hydrogen-bond donors (Lipinski definition) is 4. The summed E-state index contributed by atoms with van der Waals surface area (Å²) in [5, 5.41) is 6.56. The first-order valence-corrected chi connectivity index (χ1v) is 10.3. The van der Waals surface area contributed by atoms with Gasteiger partial charge in [0, 0.05) is 34.7 Å². The molecule has 172 valence electrons. The smallest absolute Gasteiger partial charge is 0.255 e. The van der Waals surface area contributed by atoms with E-state index in [1.165, 1.54) is 25.3 Å². The van der Waals surface area contributed by atoms with Gasteiger partial charge in [0.1, 0.15) is 17.4 Å². The molecule has 4 aromatic rings. The third kappa shape index (κ3) is 4.88. The second-order valence-corrected chi connectivity index (χ2v) is 7.54. The molecule has 0 saturated heterocycles. The average molecular weight is 459 g/mol. The van der Waals surface area contributed by atoms with E-state index in [9.17, 15) is 14.0 Å². The molecule has 34 heavy (non-hydrogen) atoms. The molecule has 1 aromatic heterocycles.